The molecule has 0 radical (unpaired) electrons. The highest BCUT2D eigenvalue weighted by atomic mass is 15.3. The van der Waals surface area contributed by atoms with E-state index in [1.165, 1.54) is 6.42 Å². The van der Waals surface area contributed by atoms with E-state index in [1.807, 2.05) is 0 Å². The van der Waals surface area contributed by atoms with Crippen molar-refractivity contribution >= 4 is 0 Å². The van der Waals surface area contributed by atoms with Crippen molar-refractivity contribution in [2.24, 2.45) is 23.0 Å². The van der Waals surface area contributed by atoms with Crippen molar-refractivity contribution in [3.05, 3.63) is 0 Å². The molecular formula is C14H28N2. The molecular weight excluding hydrogens is 196 g/mol. The molecule has 1 saturated carbocycles. The summed E-state index contributed by atoms with van der Waals surface area (Å²) in [5.74, 6) is 1.60. The third kappa shape index (κ3) is 1.80. The molecule has 0 aromatic heterocycles. The Bertz CT molecular complexity index is 271. The summed E-state index contributed by atoms with van der Waals surface area (Å²) in [7, 11) is 0. The van der Waals surface area contributed by atoms with Gasteiger partial charge in [-0.25, -0.2) is 0 Å². The van der Waals surface area contributed by atoms with Gasteiger partial charge in [0, 0.05) is 17.6 Å². The molecule has 1 heterocycles. The minimum atomic E-state index is 0.279. The fourth-order valence-corrected chi connectivity index (χ4v) is 3.90. The predicted molar refractivity (Wildman–Crippen MR) is 69.3 cm³/mol. The van der Waals surface area contributed by atoms with Crippen LogP contribution < -0.4 is 5.73 Å². The molecule has 2 aliphatic rings. The molecule has 2 heteroatoms. The molecule has 2 rings (SSSR count). The topological polar surface area (TPSA) is 29.3 Å². The number of nitrogens with zero attached hydrogens (tertiary/aromatic N) is 1. The van der Waals surface area contributed by atoms with Crippen LogP contribution in [0.1, 0.15) is 48.0 Å². The smallest absolute Gasteiger partial charge is 0.0195 e. The summed E-state index contributed by atoms with van der Waals surface area (Å²) in [5, 5.41) is 0. The number of hydrogen-bond donors (Lipinski definition) is 1. The fraction of sp³-hybridized carbons (Fsp3) is 1.00. The Labute approximate surface area is 101 Å². The summed E-state index contributed by atoms with van der Waals surface area (Å²) in [4.78, 5) is 2.76. The van der Waals surface area contributed by atoms with Gasteiger partial charge in [-0.05, 0) is 51.0 Å². The van der Waals surface area contributed by atoms with Crippen LogP contribution in [-0.4, -0.2) is 29.1 Å². The highest BCUT2D eigenvalue weighted by molar-refractivity contribution is 5.15. The molecule has 1 saturated heterocycles. The standard InChI is InChI=1S/C14H28N2/c1-13(2,3)12-10(8-15)9-7-11(9)16(12)14(4,5)6/h9-12H,7-8,15H2,1-6H3/t9?,10?,11-,12+/m1/s1. The molecule has 16 heavy (non-hydrogen) atoms. The lowest BCUT2D eigenvalue weighted by Crippen LogP contribution is -2.54. The monoisotopic (exact) mass is 224 g/mol. The van der Waals surface area contributed by atoms with Crippen molar-refractivity contribution < 1.29 is 0 Å². The molecule has 0 aromatic rings. The maximum atomic E-state index is 6.02. The number of rotatable bonds is 1. The van der Waals surface area contributed by atoms with Gasteiger partial charge in [-0.1, -0.05) is 20.8 Å². The zero-order valence-corrected chi connectivity index (χ0v) is 11.7. The quantitative estimate of drug-likeness (QED) is 0.741. The van der Waals surface area contributed by atoms with Gasteiger partial charge in [0.05, 0.1) is 0 Å². The van der Waals surface area contributed by atoms with E-state index in [-0.39, 0.29) is 5.54 Å². The van der Waals surface area contributed by atoms with Crippen LogP contribution in [0.3, 0.4) is 0 Å². The third-order valence-electron chi connectivity index (χ3n) is 4.35. The highest BCUT2D eigenvalue weighted by Crippen LogP contribution is 2.57. The van der Waals surface area contributed by atoms with E-state index in [4.69, 9.17) is 5.73 Å². The Balaban J connectivity index is 2.30. The van der Waals surface area contributed by atoms with Crippen LogP contribution in [0.15, 0.2) is 0 Å². The molecule has 2 fully saturated rings. The second kappa shape index (κ2) is 3.46. The highest BCUT2D eigenvalue weighted by Gasteiger charge is 2.62. The average Bonchev–Trinajstić information content (AvgIpc) is 2.75. The summed E-state index contributed by atoms with van der Waals surface area (Å²) in [6.45, 7) is 15.0. The molecule has 94 valence electrons. The molecule has 0 aromatic carbocycles. The summed E-state index contributed by atoms with van der Waals surface area (Å²) < 4.78 is 0. The van der Waals surface area contributed by atoms with Crippen LogP contribution in [0.2, 0.25) is 0 Å². The Hall–Kier alpha value is -0.0800. The van der Waals surface area contributed by atoms with Gasteiger partial charge in [0.25, 0.3) is 0 Å². The van der Waals surface area contributed by atoms with Crippen LogP contribution in [0.4, 0.5) is 0 Å². The summed E-state index contributed by atoms with van der Waals surface area (Å²) in [6, 6.07) is 1.47. The third-order valence-corrected chi connectivity index (χ3v) is 4.35. The van der Waals surface area contributed by atoms with Gasteiger partial charge in [0.2, 0.25) is 0 Å². The Morgan fingerprint density at radius 1 is 1.12 bits per heavy atom. The van der Waals surface area contributed by atoms with Crippen molar-refractivity contribution in [2.45, 2.75) is 65.6 Å². The van der Waals surface area contributed by atoms with E-state index >= 15 is 0 Å². The number of fused-ring (bicyclic) bond motifs is 1. The zero-order valence-electron chi connectivity index (χ0n) is 11.7. The second-order valence-corrected chi connectivity index (χ2v) is 7.76. The lowest BCUT2D eigenvalue weighted by molar-refractivity contribution is 0.0161. The van der Waals surface area contributed by atoms with Gasteiger partial charge in [0.15, 0.2) is 0 Å². The Morgan fingerprint density at radius 2 is 1.69 bits per heavy atom. The van der Waals surface area contributed by atoms with Gasteiger partial charge in [0.1, 0.15) is 0 Å². The Morgan fingerprint density at radius 3 is 2.06 bits per heavy atom. The van der Waals surface area contributed by atoms with Crippen molar-refractivity contribution in [2.75, 3.05) is 6.54 Å². The lowest BCUT2D eigenvalue weighted by Gasteiger charge is -2.47. The first-order valence-electron chi connectivity index (χ1n) is 6.66. The number of piperidine rings is 1. The van der Waals surface area contributed by atoms with E-state index in [1.54, 1.807) is 0 Å². The normalized spacial score (nSPS) is 39.9. The molecule has 2 unspecified atom stereocenters. The van der Waals surface area contributed by atoms with Crippen LogP contribution >= 0.6 is 0 Å². The second-order valence-electron chi connectivity index (χ2n) is 7.76. The minimum Gasteiger partial charge on any atom is -0.330 e. The van der Waals surface area contributed by atoms with Gasteiger partial charge >= 0.3 is 0 Å². The van der Waals surface area contributed by atoms with E-state index < -0.39 is 0 Å². The van der Waals surface area contributed by atoms with Crippen molar-refractivity contribution in [1.82, 2.24) is 4.90 Å². The SMILES string of the molecule is CC(C)(C)[C@@H]1C(CN)C2C[C@H]2N1C(C)(C)C. The number of nitrogens with two attached hydrogens (primary N) is 1. The van der Waals surface area contributed by atoms with E-state index in [0.29, 0.717) is 17.4 Å². The van der Waals surface area contributed by atoms with E-state index in [0.717, 1.165) is 18.5 Å². The summed E-state index contributed by atoms with van der Waals surface area (Å²) in [5.41, 5.74) is 6.63. The van der Waals surface area contributed by atoms with Crippen molar-refractivity contribution in [3.63, 3.8) is 0 Å². The van der Waals surface area contributed by atoms with Crippen molar-refractivity contribution in [1.29, 1.82) is 0 Å². The molecule has 0 amide bonds. The lowest BCUT2D eigenvalue weighted by atomic mass is 9.76. The van der Waals surface area contributed by atoms with E-state index in [2.05, 4.69) is 46.4 Å². The van der Waals surface area contributed by atoms with Gasteiger partial charge in [-0.15, -0.1) is 0 Å². The fourth-order valence-electron chi connectivity index (χ4n) is 3.90. The predicted octanol–water partition coefficient (Wildman–Crippen LogP) is 2.48. The van der Waals surface area contributed by atoms with Gasteiger partial charge in [-0.2, -0.15) is 0 Å². The largest absolute Gasteiger partial charge is 0.330 e. The molecule has 2 nitrogen and oxygen atoms in total. The molecule has 1 aliphatic heterocycles. The van der Waals surface area contributed by atoms with E-state index in [9.17, 15) is 0 Å². The van der Waals surface area contributed by atoms with Crippen LogP contribution in [0, 0.1) is 17.3 Å². The van der Waals surface area contributed by atoms with Gasteiger partial charge in [-0.3, -0.25) is 4.90 Å². The maximum absolute atomic E-state index is 6.02. The zero-order chi connectivity index (χ0) is 12.3. The number of likely N-dealkylation sites (tertiary alicyclic amines) is 1. The minimum absolute atomic E-state index is 0.279. The molecule has 0 spiro atoms. The maximum Gasteiger partial charge on any atom is 0.0195 e. The number of hydrogen-bond acceptors (Lipinski definition) is 2. The molecule has 1 aliphatic carbocycles. The molecule has 0 bridgehead atoms. The molecule has 4 atom stereocenters. The van der Waals surface area contributed by atoms with Crippen molar-refractivity contribution in [3.8, 4) is 0 Å². The van der Waals surface area contributed by atoms with Crippen LogP contribution in [-0.2, 0) is 0 Å². The van der Waals surface area contributed by atoms with Gasteiger partial charge < -0.3 is 5.73 Å². The summed E-state index contributed by atoms with van der Waals surface area (Å²) in [6.07, 6.45) is 1.38. The Kier molecular flexibility index (Phi) is 2.67. The first-order chi connectivity index (χ1) is 7.18. The van der Waals surface area contributed by atoms with Crippen LogP contribution in [0.5, 0.6) is 0 Å². The first kappa shape index (κ1) is 12.4. The summed E-state index contributed by atoms with van der Waals surface area (Å²) >= 11 is 0. The molecule has 2 N–H and O–H groups in total. The first-order valence-corrected chi connectivity index (χ1v) is 6.66. The van der Waals surface area contributed by atoms with Crippen LogP contribution in [0.25, 0.3) is 0 Å². The average molecular weight is 224 g/mol.